The Morgan fingerprint density at radius 1 is 0.909 bits per heavy atom. The Balaban J connectivity index is 1.32. The first-order valence-electron chi connectivity index (χ1n) is 13.7. The smallest absolute Gasteiger partial charge is 0.338 e. The van der Waals surface area contributed by atoms with Crippen molar-refractivity contribution in [2.45, 2.75) is 13.3 Å². The van der Waals surface area contributed by atoms with Gasteiger partial charge in [-0.25, -0.2) is 4.79 Å². The van der Waals surface area contributed by atoms with E-state index in [-0.39, 0.29) is 29.5 Å². The summed E-state index contributed by atoms with van der Waals surface area (Å²) in [4.78, 5) is 55.4. The van der Waals surface area contributed by atoms with Crippen LogP contribution in [0.1, 0.15) is 28.4 Å². The first-order chi connectivity index (χ1) is 21.2. The highest BCUT2D eigenvalue weighted by atomic mass is 32.2. The maximum atomic E-state index is 13.8. The monoisotopic (exact) mass is 631 g/mol. The quantitative estimate of drug-likeness (QED) is 0.194. The van der Waals surface area contributed by atoms with Crippen LogP contribution in [0, 0.1) is 0 Å². The maximum absolute atomic E-state index is 13.8. The van der Waals surface area contributed by atoms with Crippen molar-refractivity contribution >= 4 is 68.9 Å². The number of thiocarbonyl (C=S) groups is 1. The Hall–Kier alpha value is -4.68. The largest absolute Gasteiger partial charge is 0.493 e. The fraction of sp³-hybridized carbons (Fsp3) is 0.219. The minimum atomic E-state index is -0.459. The molecule has 0 aromatic heterocycles. The van der Waals surface area contributed by atoms with Crippen LogP contribution in [0.3, 0.4) is 0 Å². The molecule has 0 aliphatic carbocycles. The van der Waals surface area contributed by atoms with Crippen LogP contribution in [0.5, 0.6) is 11.5 Å². The van der Waals surface area contributed by atoms with Crippen molar-refractivity contribution < 1.29 is 33.4 Å². The van der Waals surface area contributed by atoms with Gasteiger partial charge in [-0.1, -0.05) is 48.2 Å². The van der Waals surface area contributed by atoms with Crippen molar-refractivity contribution in [3.63, 3.8) is 0 Å². The number of amides is 3. The molecule has 44 heavy (non-hydrogen) atoms. The second-order valence-corrected chi connectivity index (χ2v) is 11.4. The van der Waals surface area contributed by atoms with Gasteiger partial charge in [-0.3, -0.25) is 24.2 Å². The van der Waals surface area contributed by atoms with Gasteiger partial charge in [0, 0.05) is 17.8 Å². The fourth-order valence-electron chi connectivity index (χ4n) is 4.92. The van der Waals surface area contributed by atoms with Crippen molar-refractivity contribution in [1.29, 1.82) is 0 Å². The summed E-state index contributed by atoms with van der Waals surface area (Å²) in [6.45, 7) is 2.01. The van der Waals surface area contributed by atoms with E-state index in [0.717, 1.165) is 17.3 Å². The molecule has 3 amide bonds. The molecule has 0 radical (unpaired) electrons. The van der Waals surface area contributed by atoms with Gasteiger partial charge in [-0.15, -0.1) is 0 Å². The Kier molecular flexibility index (Phi) is 9.31. The van der Waals surface area contributed by atoms with E-state index in [1.807, 2.05) is 12.1 Å². The lowest BCUT2D eigenvalue weighted by Gasteiger charge is -2.17. The summed E-state index contributed by atoms with van der Waals surface area (Å²) >= 11 is 6.64. The molecule has 5 rings (SSSR count). The lowest BCUT2D eigenvalue weighted by atomic mass is 10.1. The van der Waals surface area contributed by atoms with Gasteiger partial charge >= 0.3 is 5.97 Å². The molecule has 2 aliphatic heterocycles. The zero-order valence-electron chi connectivity index (χ0n) is 24.2. The van der Waals surface area contributed by atoms with Gasteiger partial charge in [0.1, 0.15) is 10.9 Å². The first-order valence-corrected chi connectivity index (χ1v) is 14.9. The molecule has 1 fully saturated rings. The number of thioether (sulfide) groups is 1. The molecule has 0 unspecified atom stereocenters. The highest BCUT2D eigenvalue weighted by Gasteiger charge is 2.42. The van der Waals surface area contributed by atoms with Crippen LogP contribution in [0.25, 0.3) is 5.57 Å². The second kappa shape index (κ2) is 13.3. The zero-order chi connectivity index (χ0) is 31.4. The number of carbonyl (C=O) groups excluding carboxylic acids is 4. The fourth-order valence-corrected chi connectivity index (χ4v) is 6.30. The molecular weight excluding hydrogens is 603 g/mol. The minimum absolute atomic E-state index is 0.221. The predicted octanol–water partition coefficient (Wildman–Crippen LogP) is 4.68. The average Bonchev–Trinajstić information content (AvgIpc) is 3.46. The summed E-state index contributed by atoms with van der Waals surface area (Å²) in [5.74, 6) is -0.519. The van der Waals surface area contributed by atoms with Crippen LogP contribution >= 0.6 is 24.0 Å². The van der Waals surface area contributed by atoms with E-state index >= 15 is 0 Å². The van der Waals surface area contributed by atoms with Crippen LogP contribution in [0.2, 0.25) is 0 Å². The molecule has 0 saturated carbocycles. The third kappa shape index (κ3) is 6.17. The van der Waals surface area contributed by atoms with Gasteiger partial charge in [0.15, 0.2) is 11.5 Å². The number of anilines is 2. The van der Waals surface area contributed by atoms with Crippen LogP contribution < -0.4 is 19.7 Å². The molecule has 0 atom stereocenters. The van der Waals surface area contributed by atoms with Gasteiger partial charge in [-0.05, 0) is 61.4 Å². The van der Waals surface area contributed by atoms with Gasteiger partial charge in [0.25, 0.3) is 11.8 Å². The van der Waals surface area contributed by atoms with Crippen molar-refractivity contribution in [3.05, 3.63) is 88.3 Å². The van der Waals surface area contributed by atoms with E-state index in [1.165, 1.54) is 9.80 Å². The SMILES string of the molecule is CCOC(=O)c1ccc(NC(=O)CN2C(=O)/C(=C3\SC(=S)N(CCc4ccc(OC)c(OC)c4)C3=O)c3ccccc32)cc1. The number of nitrogens with one attached hydrogen (secondary N) is 1. The average molecular weight is 632 g/mol. The minimum Gasteiger partial charge on any atom is -0.493 e. The topological polar surface area (TPSA) is 114 Å². The van der Waals surface area contributed by atoms with Crippen LogP contribution in [0.15, 0.2) is 71.6 Å². The number of hydrogen-bond donors (Lipinski definition) is 1. The Labute approximate surface area is 263 Å². The van der Waals surface area contributed by atoms with Crippen molar-refractivity contribution in [3.8, 4) is 11.5 Å². The molecule has 10 nitrogen and oxygen atoms in total. The summed E-state index contributed by atoms with van der Waals surface area (Å²) in [6.07, 6.45) is 0.507. The third-order valence-corrected chi connectivity index (χ3v) is 8.50. The Morgan fingerprint density at radius 2 is 1.64 bits per heavy atom. The molecular formula is C32H29N3O7S2. The molecule has 0 spiro atoms. The van der Waals surface area contributed by atoms with E-state index < -0.39 is 17.8 Å². The first kappa shape index (κ1) is 30.8. The number of ether oxygens (including phenoxy) is 3. The van der Waals surface area contributed by atoms with Crippen molar-refractivity contribution in [2.24, 2.45) is 0 Å². The molecule has 3 aromatic carbocycles. The van der Waals surface area contributed by atoms with Crippen molar-refractivity contribution in [2.75, 3.05) is 44.1 Å². The zero-order valence-corrected chi connectivity index (χ0v) is 25.9. The second-order valence-electron chi connectivity index (χ2n) is 9.72. The maximum Gasteiger partial charge on any atom is 0.338 e. The third-order valence-electron chi connectivity index (χ3n) is 7.05. The van der Waals surface area contributed by atoms with Gasteiger partial charge in [0.2, 0.25) is 5.91 Å². The standard InChI is InChI=1S/C32H29N3O7S2/c1-4-42-31(39)20-10-12-21(13-11-20)33-26(36)18-35-23-8-6-5-7-22(23)27(29(35)37)28-30(38)34(32(43)44-28)16-15-19-9-14-24(40-2)25(17-19)41-3/h5-14,17H,4,15-16,18H2,1-3H3,(H,33,36)/b28-27-. The van der Waals surface area contributed by atoms with E-state index in [9.17, 15) is 19.2 Å². The molecule has 1 saturated heterocycles. The number of methoxy groups -OCH3 is 2. The molecule has 226 valence electrons. The van der Waals surface area contributed by atoms with Gasteiger partial charge < -0.3 is 19.5 Å². The summed E-state index contributed by atoms with van der Waals surface area (Å²) < 4.78 is 16.0. The normalized spacial score (nSPS) is 15.8. The summed E-state index contributed by atoms with van der Waals surface area (Å²) in [5.41, 5.74) is 3.05. The number of rotatable bonds is 10. The molecule has 1 N–H and O–H groups in total. The van der Waals surface area contributed by atoms with Gasteiger partial charge in [-0.2, -0.15) is 0 Å². The van der Waals surface area contributed by atoms with Crippen LogP contribution in [-0.4, -0.2) is 66.8 Å². The predicted molar refractivity (Wildman–Crippen MR) is 172 cm³/mol. The van der Waals surface area contributed by atoms with E-state index in [2.05, 4.69) is 5.32 Å². The number of benzene rings is 3. The van der Waals surface area contributed by atoms with Crippen molar-refractivity contribution in [1.82, 2.24) is 4.90 Å². The highest BCUT2D eigenvalue weighted by Crippen LogP contribution is 2.44. The number of nitrogens with zero attached hydrogens (tertiary/aromatic N) is 2. The molecule has 3 aromatic rings. The summed E-state index contributed by atoms with van der Waals surface area (Å²) in [5, 5.41) is 2.75. The molecule has 2 heterocycles. The molecule has 0 bridgehead atoms. The van der Waals surface area contributed by atoms with Crippen LogP contribution in [0.4, 0.5) is 11.4 Å². The Morgan fingerprint density at radius 3 is 2.34 bits per heavy atom. The number of esters is 1. The molecule has 12 heteroatoms. The van der Waals surface area contributed by atoms with E-state index in [0.29, 0.717) is 51.3 Å². The molecule has 2 aliphatic rings. The van der Waals surface area contributed by atoms with Crippen LogP contribution in [-0.2, 0) is 25.5 Å². The lowest BCUT2D eigenvalue weighted by molar-refractivity contribution is -0.122. The van der Waals surface area contributed by atoms with E-state index in [1.54, 1.807) is 75.7 Å². The van der Waals surface area contributed by atoms with E-state index in [4.69, 9.17) is 26.4 Å². The number of carbonyl (C=O) groups is 4. The highest BCUT2D eigenvalue weighted by molar-refractivity contribution is 8.26. The summed E-state index contributed by atoms with van der Waals surface area (Å²) in [7, 11) is 3.12. The Bertz CT molecular complexity index is 1690. The lowest BCUT2D eigenvalue weighted by Crippen LogP contribution is -2.35. The number of fused-ring (bicyclic) bond motifs is 1. The van der Waals surface area contributed by atoms with Gasteiger partial charge in [0.05, 0.1) is 42.6 Å². The summed E-state index contributed by atoms with van der Waals surface area (Å²) in [6, 6.07) is 18.9. The number of para-hydroxylation sites is 1. The number of hydrogen-bond acceptors (Lipinski definition) is 9.